The van der Waals surface area contributed by atoms with Crippen LogP contribution in [-0.4, -0.2) is 50.1 Å². The summed E-state index contributed by atoms with van der Waals surface area (Å²) in [5.74, 6) is -0.448. The van der Waals surface area contributed by atoms with Gasteiger partial charge in [0, 0.05) is 30.7 Å². The minimum Gasteiger partial charge on any atom is -0.504 e. The molecular formula is C22H26N2O4. The van der Waals surface area contributed by atoms with Gasteiger partial charge in [0.1, 0.15) is 0 Å². The SMILES string of the molecule is CC=C1CN2CCC3(C(=O)Nc4ccccc43)C2CC1C(=COC)C(=O)OC. The third kappa shape index (κ3) is 2.58. The van der Waals surface area contributed by atoms with Crippen molar-refractivity contribution in [2.45, 2.75) is 31.2 Å². The Kier molecular flexibility index (Phi) is 4.75. The number of fused-ring (bicyclic) bond motifs is 4. The van der Waals surface area contributed by atoms with Crippen molar-refractivity contribution >= 4 is 17.6 Å². The van der Waals surface area contributed by atoms with Gasteiger partial charge in [-0.25, -0.2) is 4.79 Å². The number of nitrogens with zero attached hydrogens (tertiary/aromatic N) is 1. The van der Waals surface area contributed by atoms with Crippen LogP contribution in [0.1, 0.15) is 25.3 Å². The van der Waals surface area contributed by atoms with Gasteiger partial charge in [0.15, 0.2) is 0 Å². The molecule has 1 N–H and O–H groups in total. The molecule has 3 aliphatic rings. The number of esters is 1. The van der Waals surface area contributed by atoms with E-state index < -0.39 is 5.41 Å². The van der Waals surface area contributed by atoms with Crippen LogP contribution in [0, 0.1) is 5.92 Å². The molecule has 1 spiro atoms. The first-order valence-corrected chi connectivity index (χ1v) is 9.68. The van der Waals surface area contributed by atoms with E-state index in [4.69, 9.17) is 9.47 Å². The third-order valence-corrected chi connectivity index (χ3v) is 6.57. The number of anilines is 1. The number of ether oxygens (including phenoxy) is 2. The smallest absolute Gasteiger partial charge is 0.337 e. The summed E-state index contributed by atoms with van der Waals surface area (Å²) in [7, 11) is 2.92. The van der Waals surface area contributed by atoms with E-state index in [2.05, 4.69) is 22.4 Å². The van der Waals surface area contributed by atoms with Crippen molar-refractivity contribution in [1.82, 2.24) is 4.90 Å². The summed E-state index contributed by atoms with van der Waals surface area (Å²) in [5.41, 5.74) is 3.08. The van der Waals surface area contributed by atoms with Crippen molar-refractivity contribution in [3.8, 4) is 0 Å². The monoisotopic (exact) mass is 382 g/mol. The number of allylic oxidation sites excluding steroid dienone is 1. The van der Waals surface area contributed by atoms with Gasteiger partial charge in [-0.15, -0.1) is 0 Å². The molecule has 3 atom stereocenters. The summed E-state index contributed by atoms with van der Waals surface area (Å²) in [4.78, 5) is 28.0. The molecule has 1 amide bonds. The minimum absolute atomic E-state index is 0.0229. The lowest BCUT2D eigenvalue weighted by atomic mass is 9.69. The fraction of sp³-hybridized carbons (Fsp3) is 0.455. The second-order valence-corrected chi connectivity index (χ2v) is 7.66. The van der Waals surface area contributed by atoms with E-state index in [1.165, 1.54) is 20.5 Å². The number of carbonyl (C=O) groups excluding carboxylic acids is 2. The zero-order valence-corrected chi connectivity index (χ0v) is 16.5. The van der Waals surface area contributed by atoms with E-state index in [-0.39, 0.29) is 23.8 Å². The number of piperidine rings is 1. The standard InChI is InChI=1S/C22H26N2O4/c1-4-14-12-24-10-9-22(17-7-5-6-8-18(17)23-21(22)26)19(24)11-15(14)16(13-27-2)20(25)28-3/h4-8,13,15,19H,9-12H2,1-3H3,(H,23,26). The average Bonchev–Trinajstić information content (AvgIpc) is 3.23. The van der Waals surface area contributed by atoms with Crippen LogP contribution in [0.3, 0.4) is 0 Å². The highest BCUT2D eigenvalue weighted by molar-refractivity contribution is 6.07. The predicted octanol–water partition coefficient (Wildman–Crippen LogP) is 2.62. The number of hydrogen-bond acceptors (Lipinski definition) is 5. The summed E-state index contributed by atoms with van der Waals surface area (Å²) in [6.07, 6.45) is 5.01. The van der Waals surface area contributed by atoms with Crippen LogP contribution in [0.4, 0.5) is 5.69 Å². The molecule has 0 aromatic heterocycles. The highest BCUT2D eigenvalue weighted by atomic mass is 16.5. The Hall–Kier alpha value is -2.60. The third-order valence-electron chi connectivity index (χ3n) is 6.57. The highest BCUT2D eigenvalue weighted by Gasteiger charge is 2.59. The van der Waals surface area contributed by atoms with Gasteiger partial charge in [0.2, 0.25) is 5.91 Å². The number of amides is 1. The van der Waals surface area contributed by atoms with Gasteiger partial charge in [-0.1, -0.05) is 29.8 Å². The van der Waals surface area contributed by atoms with Crippen molar-refractivity contribution in [1.29, 1.82) is 0 Å². The maximum absolute atomic E-state index is 13.2. The Labute approximate surface area is 165 Å². The number of hydrogen-bond donors (Lipinski definition) is 1. The molecule has 2 saturated heterocycles. The number of methoxy groups -OCH3 is 2. The second kappa shape index (κ2) is 7.09. The Morgan fingerprint density at radius 1 is 1.32 bits per heavy atom. The fourth-order valence-electron chi connectivity index (χ4n) is 5.27. The van der Waals surface area contributed by atoms with E-state index in [1.54, 1.807) is 0 Å². The van der Waals surface area contributed by atoms with E-state index in [1.807, 2.05) is 25.1 Å². The van der Waals surface area contributed by atoms with Gasteiger partial charge in [-0.05, 0) is 31.4 Å². The maximum Gasteiger partial charge on any atom is 0.337 e. The summed E-state index contributed by atoms with van der Waals surface area (Å²) in [6, 6.07) is 7.99. The van der Waals surface area contributed by atoms with Gasteiger partial charge in [0.05, 0.1) is 31.5 Å². The Balaban J connectivity index is 1.76. The Morgan fingerprint density at radius 3 is 2.82 bits per heavy atom. The molecule has 2 fully saturated rings. The fourth-order valence-corrected chi connectivity index (χ4v) is 5.27. The second-order valence-electron chi connectivity index (χ2n) is 7.66. The molecule has 6 heteroatoms. The maximum atomic E-state index is 13.2. The van der Waals surface area contributed by atoms with Crippen LogP contribution in [0.15, 0.2) is 47.7 Å². The van der Waals surface area contributed by atoms with Gasteiger partial charge < -0.3 is 14.8 Å². The molecule has 6 nitrogen and oxygen atoms in total. The number of carbonyl (C=O) groups is 2. The van der Waals surface area contributed by atoms with Crippen LogP contribution in [0.25, 0.3) is 0 Å². The number of para-hydroxylation sites is 1. The molecule has 1 aromatic carbocycles. The van der Waals surface area contributed by atoms with Gasteiger partial charge >= 0.3 is 5.97 Å². The van der Waals surface area contributed by atoms with Crippen LogP contribution >= 0.6 is 0 Å². The molecule has 3 unspecified atom stereocenters. The Bertz CT molecular complexity index is 875. The van der Waals surface area contributed by atoms with Crippen LogP contribution in [-0.2, 0) is 24.5 Å². The summed E-state index contributed by atoms with van der Waals surface area (Å²) < 4.78 is 10.2. The van der Waals surface area contributed by atoms with Crippen LogP contribution in [0.5, 0.6) is 0 Å². The zero-order chi connectivity index (χ0) is 19.9. The van der Waals surface area contributed by atoms with Gasteiger partial charge in [-0.3, -0.25) is 9.69 Å². The first kappa shape index (κ1) is 18.7. The molecule has 0 aliphatic carbocycles. The lowest BCUT2D eigenvalue weighted by Gasteiger charge is -2.42. The molecule has 0 bridgehead atoms. The molecular weight excluding hydrogens is 356 g/mol. The number of nitrogens with one attached hydrogen (secondary N) is 1. The summed E-state index contributed by atoms with van der Waals surface area (Å²) in [6.45, 7) is 3.59. The molecule has 0 saturated carbocycles. The van der Waals surface area contributed by atoms with Crippen LogP contribution in [0.2, 0.25) is 0 Å². The van der Waals surface area contributed by atoms with E-state index in [0.29, 0.717) is 12.0 Å². The molecule has 3 aliphatic heterocycles. The topological polar surface area (TPSA) is 67.9 Å². The van der Waals surface area contributed by atoms with Crippen molar-refractivity contribution in [2.75, 3.05) is 32.6 Å². The van der Waals surface area contributed by atoms with Gasteiger partial charge in [-0.2, -0.15) is 0 Å². The minimum atomic E-state index is -0.567. The highest BCUT2D eigenvalue weighted by Crippen LogP contribution is 2.52. The van der Waals surface area contributed by atoms with Crippen molar-refractivity contribution in [3.05, 3.63) is 53.3 Å². The largest absolute Gasteiger partial charge is 0.504 e. The van der Waals surface area contributed by atoms with Gasteiger partial charge in [0.25, 0.3) is 0 Å². The molecule has 1 aromatic rings. The normalized spacial score (nSPS) is 30.9. The van der Waals surface area contributed by atoms with E-state index in [0.717, 1.165) is 36.3 Å². The first-order chi connectivity index (χ1) is 13.6. The molecule has 0 radical (unpaired) electrons. The van der Waals surface area contributed by atoms with Crippen molar-refractivity contribution in [3.63, 3.8) is 0 Å². The summed E-state index contributed by atoms with van der Waals surface area (Å²) >= 11 is 0. The average molecular weight is 382 g/mol. The van der Waals surface area contributed by atoms with Crippen molar-refractivity contribution in [2.24, 2.45) is 5.92 Å². The van der Waals surface area contributed by atoms with E-state index >= 15 is 0 Å². The van der Waals surface area contributed by atoms with E-state index in [9.17, 15) is 9.59 Å². The molecule has 28 heavy (non-hydrogen) atoms. The lowest BCUT2D eigenvalue weighted by molar-refractivity contribution is -0.137. The lowest BCUT2D eigenvalue weighted by Crippen LogP contribution is -2.51. The summed E-state index contributed by atoms with van der Waals surface area (Å²) in [5, 5.41) is 3.08. The molecule has 3 heterocycles. The number of benzene rings is 1. The quantitative estimate of drug-likeness (QED) is 0.377. The van der Waals surface area contributed by atoms with Crippen molar-refractivity contribution < 1.29 is 19.1 Å². The molecule has 4 rings (SSSR count). The molecule has 148 valence electrons. The Morgan fingerprint density at radius 2 is 2.11 bits per heavy atom. The number of rotatable bonds is 3. The zero-order valence-electron chi connectivity index (χ0n) is 16.5. The van der Waals surface area contributed by atoms with Crippen LogP contribution < -0.4 is 5.32 Å². The first-order valence-electron chi connectivity index (χ1n) is 9.68. The predicted molar refractivity (Wildman–Crippen MR) is 106 cm³/mol.